The Hall–Kier alpha value is -2.12. The second-order valence-corrected chi connectivity index (χ2v) is 4.23. The second kappa shape index (κ2) is 7.61. The van der Waals surface area contributed by atoms with Crippen LogP contribution in [0.3, 0.4) is 0 Å². The predicted octanol–water partition coefficient (Wildman–Crippen LogP) is 3.35. The Morgan fingerprint density at radius 1 is 1.43 bits per heavy atom. The number of hydrazone groups is 1. The van der Waals surface area contributed by atoms with Gasteiger partial charge in [-0.25, -0.2) is 10.2 Å². The van der Waals surface area contributed by atoms with Crippen molar-refractivity contribution in [1.82, 2.24) is 10.4 Å². The van der Waals surface area contributed by atoms with Crippen molar-refractivity contribution in [2.45, 2.75) is 32.9 Å². The van der Waals surface area contributed by atoms with Gasteiger partial charge >= 0.3 is 12.3 Å². The van der Waals surface area contributed by atoms with Gasteiger partial charge in [0.25, 0.3) is 0 Å². The number of carbonyl (C=O) groups excluding carboxylic acids is 1. The van der Waals surface area contributed by atoms with Crippen molar-refractivity contribution in [2.24, 2.45) is 5.10 Å². The highest BCUT2D eigenvalue weighted by atomic mass is 19.4. The minimum Gasteiger partial charge on any atom is -0.448 e. The van der Waals surface area contributed by atoms with Crippen LogP contribution in [0.15, 0.2) is 23.4 Å². The van der Waals surface area contributed by atoms with Gasteiger partial charge in [0, 0.05) is 11.8 Å². The molecule has 8 heteroatoms. The molecule has 1 amide bonds. The van der Waals surface area contributed by atoms with E-state index in [1.54, 1.807) is 0 Å². The van der Waals surface area contributed by atoms with E-state index in [1.165, 1.54) is 13.0 Å². The molecule has 0 spiro atoms. The fraction of sp³-hybridized carbons (Fsp3) is 0.462. The summed E-state index contributed by atoms with van der Waals surface area (Å²) < 4.78 is 41.9. The molecular formula is C13H16F3N3O2. The van der Waals surface area contributed by atoms with Gasteiger partial charge in [-0.05, 0) is 25.5 Å². The lowest BCUT2D eigenvalue weighted by Crippen LogP contribution is -2.21. The fourth-order valence-electron chi connectivity index (χ4n) is 1.31. The van der Waals surface area contributed by atoms with Crippen LogP contribution >= 0.6 is 0 Å². The molecule has 1 aromatic heterocycles. The van der Waals surface area contributed by atoms with Crippen molar-refractivity contribution in [3.05, 3.63) is 29.6 Å². The monoisotopic (exact) mass is 303 g/mol. The summed E-state index contributed by atoms with van der Waals surface area (Å²) in [5, 5.41) is 3.74. The van der Waals surface area contributed by atoms with E-state index in [9.17, 15) is 18.0 Å². The Balaban J connectivity index is 2.60. The summed E-state index contributed by atoms with van der Waals surface area (Å²) >= 11 is 0. The van der Waals surface area contributed by atoms with Crippen molar-refractivity contribution in [1.29, 1.82) is 0 Å². The number of nitrogens with one attached hydrogen (secondary N) is 1. The summed E-state index contributed by atoms with van der Waals surface area (Å²) in [7, 11) is 0. The molecule has 0 aromatic carbocycles. The number of unbranched alkanes of at least 4 members (excludes halogenated alkanes) is 1. The number of hydrogen-bond donors (Lipinski definition) is 1. The Kier molecular flexibility index (Phi) is 6.13. The highest BCUT2D eigenvalue weighted by molar-refractivity contribution is 5.98. The van der Waals surface area contributed by atoms with E-state index in [-0.39, 0.29) is 0 Å². The molecule has 0 saturated carbocycles. The van der Waals surface area contributed by atoms with Crippen LogP contribution in [0.25, 0.3) is 0 Å². The third-order valence-corrected chi connectivity index (χ3v) is 2.52. The molecule has 0 aliphatic rings. The van der Waals surface area contributed by atoms with Crippen LogP contribution in [-0.2, 0) is 10.9 Å². The number of rotatable bonds is 5. The Bertz CT molecular complexity index is 498. The van der Waals surface area contributed by atoms with Gasteiger partial charge in [0.1, 0.15) is 5.69 Å². The molecule has 0 bridgehead atoms. The number of aromatic nitrogens is 1. The lowest BCUT2D eigenvalue weighted by Gasteiger charge is -2.07. The average Bonchev–Trinajstić information content (AvgIpc) is 2.44. The maximum Gasteiger partial charge on any atom is 0.433 e. The number of amides is 1. The average molecular weight is 303 g/mol. The maximum atomic E-state index is 12.4. The molecule has 0 atom stereocenters. The van der Waals surface area contributed by atoms with Crippen LogP contribution in [0.2, 0.25) is 0 Å². The first-order valence-corrected chi connectivity index (χ1v) is 6.35. The summed E-state index contributed by atoms with van der Waals surface area (Å²) in [5.41, 5.74) is 1.88. The maximum absolute atomic E-state index is 12.4. The van der Waals surface area contributed by atoms with E-state index in [0.717, 1.165) is 25.1 Å². The number of alkyl halides is 3. The highest BCUT2D eigenvalue weighted by Gasteiger charge is 2.32. The number of ether oxygens (including phenoxy) is 1. The van der Waals surface area contributed by atoms with E-state index < -0.39 is 18.0 Å². The molecule has 5 nitrogen and oxygen atoms in total. The summed E-state index contributed by atoms with van der Waals surface area (Å²) in [5.74, 6) is 0. The number of nitrogens with zero attached hydrogens (tertiary/aromatic N) is 2. The van der Waals surface area contributed by atoms with E-state index in [4.69, 9.17) is 4.74 Å². The van der Waals surface area contributed by atoms with Crippen molar-refractivity contribution >= 4 is 11.8 Å². The van der Waals surface area contributed by atoms with Crippen LogP contribution in [0, 0.1) is 0 Å². The molecule has 0 fully saturated rings. The Labute approximate surface area is 120 Å². The number of hydrogen-bond acceptors (Lipinski definition) is 4. The van der Waals surface area contributed by atoms with Gasteiger partial charge in [0.05, 0.1) is 12.3 Å². The van der Waals surface area contributed by atoms with Gasteiger partial charge in [-0.2, -0.15) is 18.3 Å². The van der Waals surface area contributed by atoms with Gasteiger partial charge < -0.3 is 4.74 Å². The molecule has 0 unspecified atom stereocenters. The molecule has 0 aliphatic heterocycles. The molecule has 1 rings (SSSR count). The normalized spacial score (nSPS) is 12.1. The molecule has 1 heterocycles. The molecule has 1 N–H and O–H groups in total. The third kappa shape index (κ3) is 5.80. The molecule has 21 heavy (non-hydrogen) atoms. The van der Waals surface area contributed by atoms with Gasteiger partial charge in [-0.1, -0.05) is 13.3 Å². The van der Waals surface area contributed by atoms with Gasteiger partial charge in [0.15, 0.2) is 0 Å². The molecule has 1 aromatic rings. The minimum absolute atomic E-state index is 0.290. The zero-order valence-electron chi connectivity index (χ0n) is 11.7. The third-order valence-electron chi connectivity index (χ3n) is 2.52. The van der Waals surface area contributed by atoms with Crippen LogP contribution in [0.5, 0.6) is 0 Å². The predicted molar refractivity (Wildman–Crippen MR) is 70.8 cm³/mol. The summed E-state index contributed by atoms with van der Waals surface area (Å²) in [6.45, 7) is 3.79. The van der Waals surface area contributed by atoms with E-state index in [2.05, 4.69) is 15.5 Å². The molecule has 116 valence electrons. The lowest BCUT2D eigenvalue weighted by atomic mass is 10.2. The zero-order chi connectivity index (χ0) is 15.9. The molecule has 0 radical (unpaired) electrons. The van der Waals surface area contributed by atoms with Crippen LogP contribution in [0.1, 0.15) is 37.9 Å². The highest BCUT2D eigenvalue weighted by Crippen LogP contribution is 2.27. The quantitative estimate of drug-likeness (QED) is 0.515. The van der Waals surface area contributed by atoms with Gasteiger partial charge in [0.2, 0.25) is 0 Å². The minimum atomic E-state index is -4.48. The van der Waals surface area contributed by atoms with Crippen molar-refractivity contribution in [3.8, 4) is 0 Å². The molecule has 0 aliphatic carbocycles. The number of carbonyl (C=O) groups is 1. The van der Waals surface area contributed by atoms with E-state index in [0.29, 0.717) is 17.9 Å². The standard InChI is InChI=1S/C13H16F3N3O2/c1-3-4-7-21-12(20)19-18-9(2)10-5-6-11(17-8-10)13(14,15)16/h5-6,8H,3-4,7H2,1-2H3,(H,19,20)/b18-9-. The molecular weight excluding hydrogens is 287 g/mol. The second-order valence-electron chi connectivity index (χ2n) is 4.23. The Morgan fingerprint density at radius 2 is 2.14 bits per heavy atom. The fourth-order valence-corrected chi connectivity index (χ4v) is 1.31. The topological polar surface area (TPSA) is 63.6 Å². The summed E-state index contributed by atoms with van der Waals surface area (Å²) in [6.07, 6.45) is -2.50. The van der Waals surface area contributed by atoms with Crippen LogP contribution in [0.4, 0.5) is 18.0 Å². The largest absolute Gasteiger partial charge is 0.448 e. The first kappa shape index (κ1) is 16.9. The summed E-state index contributed by atoms with van der Waals surface area (Å²) in [6, 6.07) is 2.09. The summed E-state index contributed by atoms with van der Waals surface area (Å²) in [4.78, 5) is 14.5. The van der Waals surface area contributed by atoms with Crippen LogP contribution in [-0.4, -0.2) is 23.4 Å². The number of pyridine rings is 1. The molecule has 0 saturated heterocycles. The first-order valence-electron chi connectivity index (χ1n) is 6.35. The SMILES string of the molecule is CCCCOC(=O)N/N=C(/C)c1ccc(C(F)(F)F)nc1. The van der Waals surface area contributed by atoms with Crippen molar-refractivity contribution < 1.29 is 22.7 Å². The smallest absolute Gasteiger partial charge is 0.433 e. The van der Waals surface area contributed by atoms with Crippen molar-refractivity contribution in [2.75, 3.05) is 6.61 Å². The van der Waals surface area contributed by atoms with Gasteiger partial charge in [-0.3, -0.25) is 4.98 Å². The van der Waals surface area contributed by atoms with E-state index in [1.807, 2.05) is 6.92 Å². The number of halogens is 3. The lowest BCUT2D eigenvalue weighted by molar-refractivity contribution is -0.141. The van der Waals surface area contributed by atoms with E-state index >= 15 is 0 Å². The van der Waals surface area contributed by atoms with Crippen molar-refractivity contribution in [3.63, 3.8) is 0 Å². The first-order chi connectivity index (χ1) is 9.84. The Morgan fingerprint density at radius 3 is 2.67 bits per heavy atom. The van der Waals surface area contributed by atoms with Crippen LogP contribution < -0.4 is 5.43 Å². The zero-order valence-corrected chi connectivity index (χ0v) is 11.7. The van der Waals surface area contributed by atoms with Gasteiger partial charge in [-0.15, -0.1) is 0 Å².